The minimum Gasteiger partial charge on any atom is -0.424 e. The number of hydrogen-bond acceptors (Lipinski definition) is 4. The predicted molar refractivity (Wildman–Crippen MR) is 88.6 cm³/mol. The maximum Gasteiger partial charge on any atom is 0.338 e. The molecule has 0 fully saturated rings. The molecular formula is C19H18O4. The van der Waals surface area contributed by atoms with Crippen LogP contribution < -0.4 is 4.74 Å². The van der Waals surface area contributed by atoms with E-state index in [1.807, 2.05) is 18.2 Å². The van der Waals surface area contributed by atoms with E-state index in [1.165, 1.54) is 0 Å². The Hall–Kier alpha value is -2.88. The molecule has 4 nitrogen and oxygen atoms in total. The van der Waals surface area contributed by atoms with E-state index < -0.39 is 11.9 Å². The summed E-state index contributed by atoms with van der Waals surface area (Å²) in [7, 11) is 0. The summed E-state index contributed by atoms with van der Waals surface area (Å²) < 4.78 is 10.4. The Morgan fingerprint density at radius 3 is 2.30 bits per heavy atom. The fourth-order valence-corrected chi connectivity index (χ4v) is 1.89. The van der Waals surface area contributed by atoms with Crippen LogP contribution in [0.15, 0.2) is 60.4 Å². The third-order valence-corrected chi connectivity index (χ3v) is 3.19. The average Bonchev–Trinajstić information content (AvgIpc) is 2.69. The van der Waals surface area contributed by atoms with Gasteiger partial charge in [0.2, 0.25) is 0 Å². The van der Waals surface area contributed by atoms with Crippen molar-refractivity contribution < 1.29 is 19.1 Å². The van der Waals surface area contributed by atoms with Gasteiger partial charge in [0.1, 0.15) is 11.5 Å². The second-order valence-corrected chi connectivity index (χ2v) is 5.34. The monoisotopic (exact) mass is 310 g/mol. The number of fused-ring (bicyclic) bond motifs is 1. The van der Waals surface area contributed by atoms with Gasteiger partial charge >= 0.3 is 11.9 Å². The molecule has 0 radical (unpaired) electrons. The van der Waals surface area contributed by atoms with Crippen LogP contribution in [0.1, 0.15) is 25.0 Å². The Morgan fingerprint density at radius 2 is 1.65 bits per heavy atom. The lowest BCUT2D eigenvalue weighted by Crippen LogP contribution is -2.08. The van der Waals surface area contributed by atoms with E-state index in [0.29, 0.717) is 29.1 Å². The van der Waals surface area contributed by atoms with E-state index in [1.54, 1.807) is 32.1 Å². The van der Waals surface area contributed by atoms with Gasteiger partial charge in [-0.1, -0.05) is 25.3 Å². The molecule has 0 heterocycles. The molecule has 0 bridgehead atoms. The molecule has 4 heteroatoms. The summed E-state index contributed by atoms with van der Waals surface area (Å²) in [5.74, 6) is -0.00171. The molecule has 0 unspecified atom stereocenters. The summed E-state index contributed by atoms with van der Waals surface area (Å²) in [6.45, 7) is 10.3. The summed E-state index contributed by atoms with van der Waals surface area (Å²) in [5, 5.41) is 0. The quantitative estimate of drug-likeness (QED) is 0.483. The van der Waals surface area contributed by atoms with Crippen molar-refractivity contribution in [3.05, 3.63) is 71.5 Å². The maximum atomic E-state index is 11.6. The highest BCUT2D eigenvalue weighted by Gasteiger charge is 2.11. The van der Waals surface area contributed by atoms with E-state index in [0.717, 1.165) is 11.1 Å². The first kappa shape index (κ1) is 16.5. The zero-order valence-electron chi connectivity index (χ0n) is 13.2. The van der Waals surface area contributed by atoms with Gasteiger partial charge in [-0.2, -0.15) is 0 Å². The van der Waals surface area contributed by atoms with E-state index in [4.69, 9.17) is 9.47 Å². The second-order valence-electron chi connectivity index (χ2n) is 5.34. The second kappa shape index (κ2) is 6.92. The van der Waals surface area contributed by atoms with E-state index in [9.17, 15) is 9.59 Å². The summed E-state index contributed by atoms with van der Waals surface area (Å²) in [6, 6.07) is 5.37. The van der Waals surface area contributed by atoms with Crippen LogP contribution >= 0.6 is 0 Å². The lowest BCUT2D eigenvalue weighted by Gasteiger charge is -2.07. The van der Waals surface area contributed by atoms with Crippen LogP contribution in [-0.2, 0) is 20.7 Å². The Labute approximate surface area is 135 Å². The molecule has 1 aromatic carbocycles. The van der Waals surface area contributed by atoms with Gasteiger partial charge in [0, 0.05) is 11.1 Å². The van der Waals surface area contributed by atoms with Crippen molar-refractivity contribution in [1.29, 1.82) is 0 Å². The number of carbonyl (C=O) groups excluding carboxylic acids is 2. The number of hydrogen-bond donors (Lipinski definition) is 0. The lowest BCUT2D eigenvalue weighted by atomic mass is 10.1. The SMILES string of the molecule is C=C(C)C(=O)OC1=CCc2ccc(OC(=O)C(=C)C)cc2C=C1. The fraction of sp³-hybridized carbons (Fsp3) is 0.158. The minimum absolute atomic E-state index is 0.339. The van der Waals surface area contributed by atoms with Gasteiger partial charge < -0.3 is 9.47 Å². The first-order valence-electron chi connectivity index (χ1n) is 7.13. The number of esters is 2. The van der Waals surface area contributed by atoms with E-state index in [-0.39, 0.29) is 0 Å². The topological polar surface area (TPSA) is 52.6 Å². The molecule has 0 amide bonds. The molecule has 2 rings (SSSR count). The summed E-state index contributed by atoms with van der Waals surface area (Å²) in [4.78, 5) is 23.1. The van der Waals surface area contributed by atoms with Crippen LogP contribution in [0, 0.1) is 0 Å². The van der Waals surface area contributed by atoms with Crippen molar-refractivity contribution in [2.45, 2.75) is 20.3 Å². The zero-order chi connectivity index (χ0) is 17.0. The summed E-state index contributed by atoms with van der Waals surface area (Å²) in [6.07, 6.45) is 5.95. The molecule has 23 heavy (non-hydrogen) atoms. The molecule has 0 atom stereocenters. The molecule has 1 aliphatic carbocycles. The highest BCUT2D eigenvalue weighted by molar-refractivity contribution is 5.89. The van der Waals surface area contributed by atoms with Crippen LogP contribution in [0.4, 0.5) is 0 Å². The van der Waals surface area contributed by atoms with Gasteiger partial charge in [0.25, 0.3) is 0 Å². The van der Waals surface area contributed by atoms with Crippen LogP contribution in [0.25, 0.3) is 6.08 Å². The largest absolute Gasteiger partial charge is 0.424 e. The molecule has 118 valence electrons. The van der Waals surface area contributed by atoms with Crippen LogP contribution in [0.3, 0.4) is 0 Å². The van der Waals surface area contributed by atoms with Gasteiger partial charge in [-0.15, -0.1) is 0 Å². The normalized spacial score (nSPS) is 12.5. The lowest BCUT2D eigenvalue weighted by molar-refractivity contribution is -0.134. The average molecular weight is 310 g/mol. The number of carbonyl (C=O) groups is 2. The molecule has 0 N–H and O–H groups in total. The molecular weight excluding hydrogens is 292 g/mol. The molecule has 0 aromatic heterocycles. The zero-order valence-corrected chi connectivity index (χ0v) is 13.2. The summed E-state index contributed by atoms with van der Waals surface area (Å²) in [5.41, 5.74) is 2.62. The number of ether oxygens (including phenoxy) is 2. The van der Waals surface area contributed by atoms with Crippen molar-refractivity contribution in [1.82, 2.24) is 0 Å². The molecule has 0 aliphatic heterocycles. The van der Waals surface area contributed by atoms with Gasteiger partial charge in [-0.3, -0.25) is 0 Å². The predicted octanol–water partition coefficient (Wildman–Crippen LogP) is 3.74. The molecule has 1 aromatic rings. The van der Waals surface area contributed by atoms with Gasteiger partial charge in [0.05, 0.1) is 0 Å². The third-order valence-electron chi connectivity index (χ3n) is 3.19. The van der Waals surface area contributed by atoms with Gasteiger partial charge in [-0.25, -0.2) is 9.59 Å². The summed E-state index contributed by atoms with van der Waals surface area (Å²) >= 11 is 0. The van der Waals surface area contributed by atoms with E-state index >= 15 is 0 Å². The third kappa shape index (κ3) is 4.30. The highest BCUT2D eigenvalue weighted by atomic mass is 16.5. The number of allylic oxidation sites excluding steroid dienone is 2. The first-order chi connectivity index (χ1) is 10.9. The van der Waals surface area contributed by atoms with E-state index in [2.05, 4.69) is 13.2 Å². The van der Waals surface area contributed by atoms with Crippen molar-refractivity contribution >= 4 is 18.0 Å². The number of rotatable bonds is 4. The fourth-order valence-electron chi connectivity index (χ4n) is 1.89. The molecule has 1 aliphatic rings. The smallest absolute Gasteiger partial charge is 0.338 e. The van der Waals surface area contributed by atoms with Crippen LogP contribution in [-0.4, -0.2) is 11.9 Å². The van der Waals surface area contributed by atoms with Crippen LogP contribution in [0.5, 0.6) is 5.75 Å². The van der Waals surface area contributed by atoms with Crippen molar-refractivity contribution in [3.8, 4) is 5.75 Å². The molecule has 0 saturated carbocycles. The van der Waals surface area contributed by atoms with Gasteiger partial charge in [-0.05, 0) is 55.7 Å². The highest BCUT2D eigenvalue weighted by Crippen LogP contribution is 2.24. The van der Waals surface area contributed by atoms with Crippen molar-refractivity contribution in [2.24, 2.45) is 0 Å². The van der Waals surface area contributed by atoms with Gasteiger partial charge in [0.15, 0.2) is 0 Å². The maximum absolute atomic E-state index is 11.6. The standard InChI is InChI=1S/C19H18O4/c1-12(2)18(20)22-16-8-5-14-6-10-17(11-15(14)7-9-16)23-19(21)13(3)4/h6-11H,1,3,5H2,2,4H3. The molecule has 0 spiro atoms. The first-order valence-corrected chi connectivity index (χ1v) is 7.13. The minimum atomic E-state index is -0.461. The Bertz CT molecular complexity index is 751. The van der Waals surface area contributed by atoms with Crippen molar-refractivity contribution in [3.63, 3.8) is 0 Å². The van der Waals surface area contributed by atoms with Crippen molar-refractivity contribution in [2.75, 3.05) is 0 Å². The Morgan fingerprint density at radius 1 is 1.00 bits per heavy atom. The van der Waals surface area contributed by atoms with Crippen LogP contribution in [0.2, 0.25) is 0 Å². The Kier molecular flexibility index (Phi) is 4.96. The number of benzene rings is 1. The Balaban J connectivity index is 2.17. The molecule has 0 saturated heterocycles.